The molecule has 0 spiro atoms. The number of hydrogen-bond acceptors (Lipinski definition) is 3. The molecule has 0 unspecified atom stereocenters. The number of benzene rings is 3. The molecule has 1 heterocycles. The van der Waals surface area contributed by atoms with Gasteiger partial charge >= 0.3 is 0 Å². The number of hydrogen-bond donors (Lipinski definition) is 1. The van der Waals surface area contributed by atoms with E-state index in [0.717, 1.165) is 40.4 Å². The molecule has 0 fully saturated rings. The summed E-state index contributed by atoms with van der Waals surface area (Å²) in [5, 5.41) is 5.03. The van der Waals surface area contributed by atoms with E-state index in [0.29, 0.717) is 32.5 Å². The van der Waals surface area contributed by atoms with Crippen LogP contribution in [0.2, 0.25) is 0 Å². The van der Waals surface area contributed by atoms with E-state index in [2.05, 4.69) is 12.2 Å². The minimum absolute atomic E-state index is 0.0165. The molecular formula is C30H35N3O3. The van der Waals surface area contributed by atoms with Crippen molar-refractivity contribution in [3.8, 4) is 0 Å². The third-order valence-corrected chi connectivity index (χ3v) is 6.83. The highest BCUT2D eigenvalue weighted by molar-refractivity contribution is 6.25. The summed E-state index contributed by atoms with van der Waals surface area (Å²) in [6.45, 7) is 5.47. The quantitative estimate of drug-likeness (QED) is 0.354. The molecule has 0 aliphatic carbocycles. The first-order chi connectivity index (χ1) is 17.5. The van der Waals surface area contributed by atoms with Crippen molar-refractivity contribution >= 4 is 34.2 Å². The van der Waals surface area contributed by atoms with E-state index in [-0.39, 0.29) is 24.1 Å². The molecule has 1 aliphatic heterocycles. The Balaban J connectivity index is 1.45. The molecule has 6 heteroatoms. The SMILES string of the molecule is CCCCNC(=O)[C@H](CC)N(Cc1ccccc1)C(=O)CCCN1C(=O)c2cccc3cccc1c23. The highest BCUT2D eigenvalue weighted by Crippen LogP contribution is 2.37. The minimum atomic E-state index is -0.527. The van der Waals surface area contributed by atoms with Crippen LogP contribution in [-0.4, -0.2) is 41.8 Å². The fraction of sp³-hybridized carbons (Fsp3) is 0.367. The Kier molecular flexibility index (Phi) is 8.36. The molecule has 0 saturated carbocycles. The monoisotopic (exact) mass is 485 g/mol. The summed E-state index contributed by atoms with van der Waals surface area (Å²) in [5.74, 6) is -0.192. The van der Waals surface area contributed by atoms with Crippen molar-refractivity contribution in [1.82, 2.24) is 10.2 Å². The molecule has 6 nitrogen and oxygen atoms in total. The van der Waals surface area contributed by atoms with Crippen molar-refractivity contribution in [2.45, 2.75) is 58.5 Å². The van der Waals surface area contributed by atoms with E-state index in [1.807, 2.05) is 73.7 Å². The lowest BCUT2D eigenvalue weighted by Crippen LogP contribution is -2.49. The molecule has 0 aromatic heterocycles. The van der Waals surface area contributed by atoms with E-state index in [1.165, 1.54) is 0 Å². The van der Waals surface area contributed by atoms with Crippen LogP contribution in [0.25, 0.3) is 10.8 Å². The average molecular weight is 486 g/mol. The van der Waals surface area contributed by atoms with Gasteiger partial charge in [-0.1, -0.05) is 74.9 Å². The minimum Gasteiger partial charge on any atom is -0.354 e. The van der Waals surface area contributed by atoms with Gasteiger partial charge in [-0.15, -0.1) is 0 Å². The normalized spacial score (nSPS) is 13.2. The lowest BCUT2D eigenvalue weighted by Gasteiger charge is -2.31. The molecule has 188 valence electrons. The number of carbonyl (C=O) groups is 3. The van der Waals surface area contributed by atoms with Crippen molar-refractivity contribution in [1.29, 1.82) is 0 Å². The zero-order valence-electron chi connectivity index (χ0n) is 21.2. The molecule has 3 aromatic rings. The molecule has 1 N–H and O–H groups in total. The molecule has 3 aromatic carbocycles. The lowest BCUT2D eigenvalue weighted by atomic mass is 10.1. The summed E-state index contributed by atoms with van der Waals surface area (Å²) in [6.07, 6.45) is 3.23. The zero-order chi connectivity index (χ0) is 25.5. The van der Waals surface area contributed by atoms with E-state index in [1.54, 1.807) is 9.80 Å². The van der Waals surface area contributed by atoms with Gasteiger partial charge < -0.3 is 15.1 Å². The summed E-state index contributed by atoms with van der Waals surface area (Å²) in [4.78, 5) is 43.0. The summed E-state index contributed by atoms with van der Waals surface area (Å²) in [7, 11) is 0. The Bertz CT molecular complexity index is 1220. The maximum Gasteiger partial charge on any atom is 0.258 e. The first-order valence-electron chi connectivity index (χ1n) is 13.0. The summed E-state index contributed by atoms with van der Waals surface area (Å²) in [6, 6.07) is 21.0. The Morgan fingerprint density at radius 3 is 2.42 bits per heavy atom. The Hall–Kier alpha value is -3.67. The average Bonchev–Trinajstić information content (AvgIpc) is 3.17. The maximum absolute atomic E-state index is 13.5. The third-order valence-electron chi connectivity index (χ3n) is 6.83. The van der Waals surface area contributed by atoms with E-state index >= 15 is 0 Å². The van der Waals surface area contributed by atoms with Gasteiger partial charge in [0, 0.05) is 37.0 Å². The Morgan fingerprint density at radius 2 is 1.69 bits per heavy atom. The molecule has 0 bridgehead atoms. The van der Waals surface area contributed by atoms with Crippen molar-refractivity contribution in [3.63, 3.8) is 0 Å². The highest BCUT2D eigenvalue weighted by Gasteiger charge is 2.31. The molecule has 4 rings (SSSR count). The third kappa shape index (κ3) is 5.43. The van der Waals surface area contributed by atoms with E-state index < -0.39 is 6.04 Å². The number of carbonyl (C=O) groups excluding carboxylic acids is 3. The van der Waals surface area contributed by atoms with Gasteiger partial charge in [-0.05, 0) is 42.3 Å². The van der Waals surface area contributed by atoms with Gasteiger partial charge in [0.15, 0.2) is 0 Å². The van der Waals surface area contributed by atoms with Crippen LogP contribution in [0.15, 0.2) is 66.7 Å². The number of nitrogens with zero attached hydrogens (tertiary/aromatic N) is 2. The maximum atomic E-state index is 13.5. The summed E-state index contributed by atoms with van der Waals surface area (Å²) >= 11 is 0. The number of unbranched alkanes of at least 4 members (excludes halogenated alkanes) is 1. The predicted molar refractivity (Wildman–Crippen MR) is 144 cm³/mol. The van der Waals surface area contributed by atoms with Crippen LogP contribution in [0.5, 0.6) is 0 Å². The van der Waals surface area contributed by atoms with Gasteiger partial charge in [0.2, 0.25) is 11.8 Å². The number of nitrogens with one attached hydrogen (secondary N) is 1. The van der Waals surface area contributed by atoms with Crippen LogP contribution >= 0.6 is 0 Å². The van der Waals surface area contributed by atoms with Gasteiger partial charge in [0.25, 0.3) is 5.91 Å². The van der Waals surface area contributed by atoms with Gasteiger partial charge in [-0.2, -0.15) is 0 Å². The van der Waals surface area contributed by atoms with Gasteiger partial charge in [-0.3, -0.25) is 14.4 Å². The van der Waals surface area contributed by atoms with Crippen molar-refractivity contribution < 1.29 is 14.4 Å². The van der Waals surface area contributed by atoms with Gasteiger partial charge in [-0.25, -0.2) is 0 Å². The molecule has 36 heavy (non-hydrogen) atoms. The fourth-order valence-corrected chi connectivity index (χ4v) is 4.94. The van der Waals surface area contributed by atoms with E-state index in [4.69, 9.17) is 0 Å². The topological polar surface area (TPSA) is 69.7 Å². The van der Waals surface area contributed by atoms with E-state index in [9.17, 15) is 14.4 Å². The first-order valence-corrected chi connectivity index (χ1v) is 13.0. The molecule has 3 amide bonds. The second kappa shape index (κ2) is 11.8. The van der Waals surface area contributed by atoms with Gasteiger partial charge in [0.05, 0.1) is 5.69 Å². The standard InChI is InChI=1S/C30H35N3O3/c1-3-5-19-31-29(35)25(4-2)33(21-22-12-7-6-8-13-22)27(34)18-11-20-32-26-17-10-15-23-14-9-16-24(28(23)26)30(32)36/h6-10,12-17,25H,3-5,11,18-21H2,1-2H3,(H,31,35)/t25-/m0/s1. The van der Waals surface area contributed by atoms with Crippen molar-refractivity contribution in [3.05, 3.63) is 77.9 Å². The Morgan fingerprint density at radius 1 is 0.944 bits per heavy atom. The van der Waals surface area contributed by atoms with Crippen LogP contribution in [0.3, 0.4) is 0 Å². The molecular weight excluding hydrogens is 450 g/mol. The largest absolute Gasteiger partial charge is 0.354 e. The molecule has 0 saturated heterocycles. The lowest BCUT2D eigenvalue weighted by molar-refractivity contribution is -0.141. The number of anilines is 1. The van der Waals surface area contributed by atoms with Crippen LogP contribution in [-0.2, 0) is 16.1 Å². The fourth-order valence-electron chi connectivity index (χ4n) is 4.94. The zero-order valence-corrected chi connectivity index (χ0v) is 21.2. The van der Waals surface area contributed by atoms with Crippen LogP contribution in [0.1, 0.15) is 61.9 Å². The summed E-state index contributed by atoms with van der Waals surface area (Å²) < 4.78 is 0. The highest BCUT2D eigenvalue weighted by atomic mass is 16.2. The smallest absolute Gasteiger partial charge is 0.258 e. The number of rotatable bonds is 12. The second-order valence-corrected chi connectivity index (χ2v) is 9.32. The van der Waals surface area contributed by atoms with Gasteiger partial charge in [0.1, 0.15) is 6.04 Å². The van der Waals surface area contributed by atoms with Crippen LogP contribution < -0.4 is 10.2 Å². The second-order valence-electron chi connectivity index (χ2n) is 9.32. The molecule has 0 radical (unpaired) electrons. The Labute approximate surface area is 213 Å². The summed E-state index contributed by atoms with van der Waals surface area (Å²) in [5.41, 5.74) is 2.61. The first kappa shape index (κ1) is 25.4. The van der Waals surface area contributed by atoms with Crippen molar-refractivity contribution in [2.75, 3.05) is 18.0 Å². The van der Waals surface area contributed by atoms with Crippen molar-refractivity contribution in [2.24, 2.45) is 0 Å². The van der Waals surface area contributed by atoms with Crippen LogP contribution in [0.4, 0.5) is 5.69 Å². The van der Waals surface area contributed by atoms with Crippen LogP contribution in [0, 0.1) is 0 Å². The predicted octanol–water partition coefficient (Wildman–Crippen LogP) is 5.30. The molecule has 1 atom stereocenters. The molecule has 1 aliphatic rings. The number of amides is 3.